The Bertz CT molecular complexity index is 990. The number of aromatic nitrogens is 1. The molecule has 2 heterocycles. The van der Waals surface area contributed by atoms with Crippen LogP contribution in [-0.2, 0) is 9.59 Å². The molecule has 3 rings (SSSR count). The molecule has 30 heavy (non-hydrogen) atoms. The Kier molecular flexibility index (Phi) is 6.22. The molecule has 2 amide bonds. The van der Waals surface area contributed by atoms with Crippen molar-refractivity contribution >= 4 is 46.8 Å². The summed E-state index contributed by atoms with van der Waals surface area (Å²) in [6.07, 6.45) is -3.09. The first-order valence-electron chi connectivity index (χ1n) is 8.27. The first kappa shape index (κ1) is 21.9. The normalized spacial score (nSPS) is 17.9. The summed E-state index contributed by atoms with van der Waals surface area (Å²) in [5.41, 5.74) is -3.07. The van der Waals surface area contributed by atoms with Crippen molar-refractivity contribution in [2.24, 2.45) is 0 Å². The number of hydrogen-bond donors (Lipinski definition) is 1. The number of benzene rings is 1. The maximum atomic E-state index is 13.2. The van der Waals surface area contributed by atoms with E-state index in [-0.39, 0.29) is 22.7 Å². The molecule has 0 unspecified atom stereocenters. The number of rotatable bonds is 7. The Balaban J connectivity index is 1.76. The fourth-order valence-corrected chi connectivity index (χ4v) is 3.76. The molecular formula is C18H12ClF3N2O5S. The standard InChI is InChI=1S/C18H12ClF3N2O5S/c19-17(20)18(21,22)29-10-5-3-9(4-6-10)24-13(25)8-12(15(24)26)30-14-11(16(27)28)2-1-7-23-14/h1-7,12,17H,8H2,(H,27,28)/t12-,17-/m1/s1. The summed E-state index contributed by atoms with van der Waals surface area (Å²) in [7, 11) is 0. The Morgan fingerprint density at radius 2 is 1.97 bits per heavy atom. The van der Waals surface area contributed by atoms with Gasteiger partial charge in [0.2, 0.25) is 11.8 Å². The highest BCUT2D eigenvalue weighted by Gasteiger charge is 2.43. The van der Waals surface area contributed by atoms with E-state index in [0.29, 0.717) is 0 Å². The fraction of sp³-hybridized carbons (Fsp3) is 0.222. The summed E-state index contributed by atoms with van der Waals surface area (Å²) in [6, 6.07) is 7.19. The van der Waals surface area contributed by atoms with Gasteiger partial charge in [-0.15, -0.1) is 0 Å². The maximum absolute atomic E-state index is 13.2. The first-order chi connectivity index (χ1) is 14.1. The van der Waals surface area contributed by atoms with E-state index in [1.54, 1.807) is 0 Å². The van der Waals surface area contributed by atoms with Gasteiger partial charge in [0.1, 0.15) is 10.8 Å². The average molecular weight is 461 g/mol. The number of pyridine rings is 1. The second-order valence-electron chi connectivity index (χ2n) is 6.00. The summed E-state index contributed by atoms with van der Waals surface area (Å²) in [5.74, 6) is -2.82. The van der Waals surface area contributed by atoms with Crippen LogP contribution in [0.2, 0.25) is 0 Å². The number of halogens is 4. The molecule has 1 aromatic carbocycles. The molecule has 1 aliphatic rings. The number of nitrogens with zero attached hydrogens (tertiary/aromatic N) is 2. The molecule has 1 fully saturated rings. The van der Waals surface area contributed by atoms with Crippen LogP contribution in [0.1, 0.15) is 16.8 Å². The van der Waals surface area contributed by atoms with E-state index in [2.05, 4.69) is 9.72 Å². The number of alkyl halides is 4. The second kappa shape index (κ2) is 8.52. The number of carboxylic acids is 1. The third kappa shape index (κ3) is 4.51. The van der Waals surface area contributed by atoms with Gasteiger partial charge >= 0.3 is 12.1 Å². The minimum atomic E-state index is -4.26. The van der Waals surface area contributed by atoms with Gasteiger partial charge in [0.05, 0.1) is 16.5 Å². The smallest absolute Gasteiger partial charge is 0.444 e. The highest BCUT2D eigenvalue weighted by atomic mass is 35.5. The summed E-state index contributed by atoms with van der Waals surface area (Å²) < 4.78 is 43.2. The molecule has 1 N–H and O–H groups in total. The van der Waals surface area contributed by atoms with Crippen LogP contribution < -0.4 is 9.64 Å². The molecule has 1 aliphatic heterocycles. The van der Waals surface area contributed by atoms with E-state index in [9.17, 15) is 32.7 Å². The summed E-state index contributed by atoms with van der Waals surface area (Å²) in [6.45, 7) is 0. The van der Waals surface area contributed by atoms with Crippen LogP contribution in [0.5, 0.6) is 5.75 Å². The van der Waals surface area contributed by atoms with Crippen LogP contribution in [0.25, 0.3) is 0 Å². The number of hydrogen-bond acceptors (Lipinski definition) is 6. The second-order valence-corrected chi connectivity index (χ2v) is 7.57. The molecular weight excluding hydrogens is 449 g/mol. The van der Waals surface area contributed by atoms with E-state index < -0.39 is 40.5 Å². The molecule has 158 valence electrons. The van der Waals surface area contributed by atoms with Gasteiger partial charge in [0.15, 0.2) is 0 Å². The van der Waals surface area contributed by atoms with E-state index in [1.807, 2.05) is 0 Å². The Morgan fingerprint density at radius 1 is 1.30 bits per heavy atom. The lowest BCUT2D eigenvalue weighted by molar-refractivity contribution is -0.199. The zero-order valence-electron chi connectivity index (χ0n) is 14.8. The number of anilines is 1. The van der Waals surface area contributed by atoms with Gasteiger partial charge in [0.25, 0.3) is 5.63 Å². The van der Waals surface area contributed by atoms with Gasteiger partial charge in [-0.2, -0.15) is 8.78 Å². The molecule has 0 bridgehead atoms. The third-order valence-corrected chi connectivity index (χ3v) is 5.42. The van der Waals surface area contributed by atoms with E-state index >= 15 is 0 Å². The number of aromatic carboxylic acids is 1. The predicted octanol–water partition coefficient (Wildman–Crippen LogP) is 3.71. The SMILES string of the molecule is O=C(O)c1cccnc1S[C@@H]1CC(=O)N(c2ccc(OC(F)(F)[C@@H](F)Cl)cc2)C1=O. The lowest BCUT2D eigenvalue weighted by Crippen LogP contribution is -2.33. The molecule has 0 saturated carbocycles. The molecule has 1 saturated heterocycles. The quantitative estimate of drug-likeness (QED) is 0.497. The largest absolute Gasteiger partial charge is 0.478 e. The van der Waals surface area contributed by atoms with Gasteiger partial charge in [0, 0.05) is 12.6 Å². The van der Waals surface area contributed by atoms with E-state index in [4.69, 9.17) is 11.6 Å². The number of imide groups is 1. The zero-order chi connectivity index (χ0) is 22.1. The molecule has 2 atom stereocenters. The molecule has 0 radical (unpaired) electrons. The van der Waals surface area contributed by atoms with Gasteiger partial charge in [-0.3, -0.25) is 9.59 Å². The summed E-state index contributed by atoms with van der Waals surface area (Å²) in [5, 5.41) is 8.40. The van der Waals surface area contributed by atoms with Crippen LogP contribution in [0.4, 0.5) is 18.9 Å². The number of carboxylic acid groups (broad SMARTS) is 1. The monoisotopic (exact) mass is 460 g/mol. The number of carbonyl (C=O) groups is 3. The number of ether oxygens (including phenoxy) is 1. The topological polar surface area (TPSA) is 96.8 Å². The fourth-order valence-electron chi connectivity index (χ4n) is 2.61. The van der Waals surface area contributed by atoms with Gasteiger partial charge in [-0.25, -0.2) is 19.1 Å². The van der Waals surface area contributed by atoms with Crippen LogP contribution >= 0.6 is 23.4 Å². The van der Waals surface area contributed by atoms with Crippen LogP contribution in [0.3, 0.4) is 0 Å². The van der Waals surface area contributed by atoms with Crippen molar-refractivity contribution in [2.75, 3.05) is 4.90 Å². The Hall–Kier alpha value is -2.79. The average Bonchev–Trinajstić information content (AvgIpc) is 2.95. The highest BCUT2D eigenvalue weighted by molar-refractivity contribution is 8.00. The van der Waals surface area contributed by atoms with Gasteiger partial charge in [-0.05, 0) is 36.4 Å². The van der Waals surface area contributed by atoms with E-state index in [0.717, 1.165) is 28.8 Å². The molecule has 0 spiro atoms. The van der Waals surface area contributed by atoms with E-state index in [1.165, 1.54) is 30.5 Å². The van der Waals surface area contributed by atoms with Crippen molar-refractivity contribution in [1.29, 1.82) is 0 Å². The van der Waals surface area contributed by atoms with Crippen molar-refractivity contribution in [3.05, 3.63) is 48.2 Å². The summed E-state index contributed by atoms with van der Waals surface area (Å²) in [4.78, 5) is 41.1. The van der Waals surface area contributed by atoms with Crippen LogP contribution in [-0.4, -0.2) is 44.9 Å². The lowest BCUT2D eigenvalue weighted by atomic mass is 10.3. The molecule has 12 heteroatoms. The maximum Gasteiger partial charge on any atom is 0.444 e. The molecule has 2 aromatic rings. The van der Waals surface area contributed by atoms with Gasteiger partial charge in [-0.1, -0.05) is 23.4 Å². The lowest BCUT2D eigenvalue weighted by Gasteiger charge is -2.19. The Labute approximate surface area is 176 Å². The van der Waals surface area contributed by atoms with Crippen molar-refractivity contribution in [2.45, 2.75) is 28.4 Å². The zero-order valence-corrected chi connectivity index (χ0v) is 16.4. The van der Waals surface area contributed by atoms with Gasteiger partial charge < -0.3 is 9.84 Å². The summed E-state index contributed by atoms with van der Waals surface area (Å²) >= 11 is 5.57. The number of amides is 2. The highest BCUT2D eigenvalue weighted by Crippen LogP contribution is 2.35. The molecule has 1 aromatic heterocycles. The molecule has 7 nitrogen and oxygen atoms in total. The van der Waals surface area contributed by atoms with Crippen molar-refractivity contribution in [1.82, 2.24) is 4.98 Å². The van der Waals surface area contributed by atoms with Crippen molar-refractivity contribution in [3.63, 3.8) is 0 Å². The number of carbonyl (C=O) groups excluding carboxylic acids is 2. The minimum Gasteiger partial charge on any atom is -0.478 e. The number of thioether (sulfide) groups is 1. The Morgan fingerprint density at radius 3 is 2.57 bits per heavy atom. The van der Waals surface area contributed by atoms with Crippen molar-refractivity contribution in [3.8, 4) is 5.75 Å². The predicted molar refractivity (Wildman–Crippen MR) is 101 cm³/mol. The van der Waals surface area contributed by atoms with Crippen LogP contribution in [0, 0.1) is 0 Å². The van der Waals surface area contributed by atoms with Crippen molar-refractivity contribution < 1.29 is 37.4 Å². The van der Waals surface area contributed by atoms with Crippen LogP contribution in [0.15, 0.2) is 47.6 Å². The minimum absolute atomic E-state index is 0.0887. The third-order valence-electron chi connectivity index (χ3n) is 3.96. The molecule has 0 aliphatic carbocycles. The first-order valence-corrected chi connectivity index (χ1v) is 9.58.